The number of aliphatic hydroxyl groups is 3. The molecule has 1 fully saturated rings. The van der Waals surface area contributed by atoms with Crippen LogP contribution in [0, 0.1) is 0 Å². The minimum atomic E-state index is -1.25. The van der Waals surface area contributed by atoms with E-state index >= 15 is 0 Å². The van der Waals surface area contributed by atoms with Crippen molar-refractivity contribution in [2.45, 2.75) is 31.3 Å². The molecule has 0 bridgehead atoms. The number of amides is 1. The van der Waals surface area contributed by atoms with Gasteiger partial charge in [-0.3, -0.25) is 4.79 Å². The summed E-state index contributed by atoms with van der Waals surface area (Å²) >= 11 is 0. The van der Waals surface area contributed by atoms with E-state index in [1.54, 1.807) is 0 Å². The van der Waals surface area contributed by atoms with Gasteiger partial charge < -0.3 is 34.7 Å². The standard InChI is InChI=1S/C10H20BNO7/c1-6(14)12-5-11-18-8(3-13)10(19-11)9(16)7(15)4-17-2/h7-10,13,15-16H,3-5H2,1-2H3,(H,12,14). The van der Waals surface area contributed by atoms with Crippen LogP contribution in [0.1, 0.15) is 6.92 Å². The summed E-state index contributed by atoms with van der Waals surface area (Å²) in [5, 5.41) is 31.2. The lowest BCUT2D eigenvalue weighted by molar-refractivity contribution is -0.118. The van der Waals surface area contributed by atoms with Gasteiger partial charge in [-0.25, -0.2) is 0 Å². The zero-order valence-electron chi connectivity index (χ0n) is 11.0. The van der Waals surface area contributed by atoms with Crippen LogP contribution >= 0.6 is 0 Å². The number of rotatable bonds is 7. The Balaban J connectivity index is 2.54. The lowest BCUT2D eigenvalue weighted by atomic mass is 9.91. The van der Waals surface area contributed by atoms with Gasteiger partial charge in [0.2, 0.25) is 5.91 Å². The molecule has 1 amide bonds. The van der Waals surface area contributed by atoms with Crippen molar-refractivity contribution in [2.75, 3.05) is 26.8 Å². The predicted octanol–water partition coefficient (Wildman–Crippen LogP) is -2.71. The maximum atomic E-state index is 10.8. The fourth-order valence-electron chi connectivity index (χ4n) is 1.83. The average molecular weight is 277 g/mol. The van der Waals surface area contributed by atoms with E-state index in [1.807, 2.05) is 0 Å². The number of ether oxygens (including phenoxy) is 1. The van der Waals surface area contributed by atoms with Crippen molar-refractivity contribution >= 4 is 13.0 Å². The molecule has 0 saturated carbocycles. The smallest absolute Gasteiger partial charge is 0.402 e. The molecule has 110 valence electrons. The maximum absolute atomic E-state index is 10.8. The first-order chi connectivity index (χ1) is 8.99. The van der Waals surface area contributed by atoms with Crippen LogP contribution in [-0.4, -0.2) is 79.5 Å². The highest BCUT2D eigenvalue weighted by Crippen LogP contribution is 2.21. The van der Waals surface area contributed by atoms with Gasteiger partial charge in [0.1, 0.15) is 12.2 Å². The summed E-state index contributed by atoms with van der Waals surface area (Å²) in [7, 11) is 0.626. The molecule has 1 aliphatic heterocycles. The third-order valence-electron chi connectivity index (χ3n) is 2.77. The summed E-state index contributed by atoms with van der Waals surface area (Å²) in [6, 6.07) is 0. The van der Waals surface area contributed by atoms with Crippen LogP contribution in [0.15, 0.2) is 0 Å². The number of hydrogen-bond acceptors (Lipinski definition) is 7. The van der Waals surface area contributed by atoms with Crippen molar-refractivity contribution in [1.82, 2.24) is 5.32 Å². The Hall–Kier alpha value is -0.705. The first-order valence-electron chi connectivity index (χ1n) is 6.00. The van der Waals surface area contributed by atoms with E-state index in [1.165, 1.54) is 14.0 Å². The fourth-order valence-corrected chi connectivity index (χ4v) is 1.83. The van der Waals surface area contributed by atoms with Crippen molar-refractivity contribution in [3.63, 3.8) is 0 Å². The molecule has 1 heterocycles. The number of carbonyl (C=O) groups excluding carboxylic acids is 1. The summed E-state index contributed by atoms with van der Waals surface area (Å²) in [6.07, 6.45) is -3.93. The quantitative estimate of drug-likeness (QED) is 0.374. The van der Waals surface area contributed by atoms with Crippen molar-refractivity contribution in [3.8, 4) is 0 Å². The third-order valence-corrected chi connectivity index (χ3v) is 2.77. The average Bonchev–Trinajstić information content (AvgIpc) is 2.79. The van der Waals surface area contributed by atoms with Gasteiger partial charge in [-0.05, 0) is 0 Å². The number of nitrogens with one attached hydrogen (secondary N) is 1. The number of aliphatic hydroxyl groups excluding tert-OH is 3. The van der Waals surface area contributed by atoms with Crippen molar-refractivity contribution in [3.05, 3.63) is 0 Å². The van der Waals surface area contributed by atoms with Crippen LogP contribution in [0.3, 0.4) is 0 Å². The first kappa shape index (κ1) is 16.3. The number of methoxy groups -OCH3 is 1. The van der Waals surface area contributed by atoms with E-state index in [4.69, 9.17) is 14.0 Å². The number of hydrogen-bond donors (Lipinski definition) is 4. The highest BCUT2D eigenvalue weighted by Gasteiger charge is 2.44. The molecule has 4 N–H and O–H groups in total. The fraction of sp³-hybridized carbons (Fsp3) is 0.900. The minimum absolute atomic E-state index is 0.0600. The molecular formula is C10H20BNO7. The maximum Gasteiger partial charge on any atom is 0.478 e. The second-order valence-electron chi connectivity index (χ2n) is 4.34. The monoisotopic (exact) mass is 277 g/mol. The molecule has 1 rings (SSSR count). The Labute approximate surface area is 111 Å². The summed E-state index contributed by atoms with van der Waals surface area (Å²) in [6.45, 7) is 0.931. The highest BCUT2D eigenvalue weighted by molar-refractivity contribution is 6.45. The topological polar surface area (TPSA) is 117 Å². The van der Waals surface area contributed by atoms with Crippen molar-refractivity contribution in [1.29, 1.82) is 0 Å². The normalized spacial score (nSPS) is 26.3. The molecule has 19 heavy (non-hydrogen) atoms. The molecule has 1 aliphatic rings. The molecule has 0 aromatic carbocycles. The lowest BCUT2D eigenvalue weighted by Gasteiger charge is -2.25. The van der Waals surface area contributed by atoms with Gasteiger partial charge in [0.05, 0.1) is 31.9 Å². The second-order valence-corrected chi connectivity index (χ2v) is 4.34. The SMILES string of the molecule is COCC(O)C(O)C1OB(CNC(C)=O)OC1CO. The van der Waals surface area contributed by atoms with E-state index < -0.39 is 31.5 Å². The second kappa shape index (κ2) is 7.78. The van der Waals surface area contributed by atoms with E-state index in [2.05, 4.69) is 5.32 Å². The summed E-state index contributed by atoms with van der Waals surface area (Å²) in [4.78, 5) is 10.8. The molecule has 0 spiro atoms. The molecule has 0 aromatic rings. The molecule has 0 aliphatic carbocycles. The molecule has 9 heteroatoms. The summed E-state index contributed by atoms with van der Waals surface area (Å²) in [5.74, 6) is -0.240. The van der Waals surface area contributed by atoms with E-state index in [0.29, 0.717) is 0 Å². The molecule has 4 atom stereocenters. The van der Waals surface area contributed by atoms with E-state index in [-0.39, 0.29) is 25.6 Å². The molecular weight excluding hydrogens is 257 g/mol. The highest BCUT2D eigenvalue weighted by atomic mass is 16.7. The van der Waals surface area contributed by atoms with Gasteiger partial charge >= 0.3 is 7.12 Å². The van der Waals surface area contributed by atoms with Crippen LogP contribution in [-0.2, 0) is 18.8 Å². The van der Waals surface area contributed by atoms with Crippen molar-refractivity contribution < 1.29 is 34.2 Å². The zero-order valence-corrected chi connectivity index (χ0v) is 11.0. The van der Waals surface area contributed by atoms with Crippen LogP contribution in [0.4, 0.5) is 0 Å². The molecule has 0 aromatic heterocycles. The van der Waals surface area contributed by atoms with Gasteiger partial charge in [-0.2, -0.15) is 0 Å². The summed E-state index contributed by atoms with van der Waals surface area (Å²) in [5.41, 5.74) is 0. The van der Waals surface area contributed by atoms with Crippen molar-refractivity contribution in [2.24, 2.45) is 0 Å². The Bertz CT molecular complexity index is 293. The lowest BCUT2D eigenvalue weighted by Crippen LogP contribution is -2.46. The molecule has 1 saturated heterocycles. The minimum Gasteiger partial charge on any atom is -0.402 e. The first-order valence-corrected chi connectivity index (χ1v) is 6.00. The molecule has 0 radical (unpaired) electrons. The Morgan fingerprint density at radius 2 is 2.16 bits per heavy atom. The van der Waals surface area contributed by atoms with E-state index in [9.17, 15) is 20.1 Å². The van der Waals surface area contributed by atoms with Gasteiger partial charge in [0.25, 0.3) is 0 Å². The Morgan fingerprint density at radius 3 is 2.68 bits per heavy atom. The molecule has 4 unspecified atom stereocenters. The van der Waals surface area contributed by atoms with E-state index in [0.717, 1.165) is 0 Å². The summed E-state index contributed by atoms with van der Waals surface area (Å²) < 4.78 is 15.4. The van der Waals surface area contributed by atoms with Gasteiger partial charge in [-0.1, -0.05) is 0 Å². The van der Waals surface area contributed by atoms with Gasteiger partial charge in [-0.15, -0.1) is 0 Å². The Morgan fingerprint density at radius 1 is 1.47 bits per heavy atom. The zero-order chi connectivity index (χ0) is 14.4. The van der Waals surface area contributed by atoms with Gasteiger partial charge in [0, 0.05) is 14.0 Å². The van der Waals surface area contributed by atoms with Gasteiger partial charge in [0.15, 0.2) is 0 Å². The molecule has 8 nitrogen and oxygen atoms in total. The van der Waals surface area contributed by atoms with Crippen LogP contribution in [0.2, 0.25) is 0 Å². The van der Waals surface area contributed by atoms with Crippen LogP contribution in [0.5, 0.6) is 0 Å². The largest absolute Gasteiger partial charge is 0.478 e. The van der Waals surface area contributed by atoms with Crippen LogP contribution in [0.25, 0.3) is 0 Å². The number of carbonyl (C=O) groups is 1. The Kier molecular flexibility index (Phi) is 6.69. The predicted molar refractivity (Wildman–Crippen MR) is 65.2 cm³/mol. The third kappa shape index (κ3) is 4.71. The van der Waals surface area contributed by atoms with Crippen LogP contribution < -0.4 is 5.32 Å².